The largest absolute Gasteiger partial charge is 0.377 e. The van der Waals surface area contributed by atoms with Gasteiger partial charge in [0, 0.05) is 13.2 Å². The van der Waals surface area contributed by atoms with Crippen molar-refractivity contribution in [2.24, 2.45) is 0 Å². The van der Waals surface area contributed by atoms with Crippen molar-refractivity contribution in [3.8, 4) is 0 Å². The summed E-state index contributed by atoms with van der Waals surface area (Å²) < 4.78 is 5.31. The van der Waals surface area contributed by atoms with Gasteiger partial charge in [-0.15, -0.1) is 0 Å². The summed E-state index contributed by atoms with van der Waals surface area (Å²) in [7, 11) is 0. The summed E-state index contributed by atoms with van der Waals surface area (Å²) in [6, 6.07) is 7.94. The van der Waals surface area contributed by atoms with E-state index in [1.807, 2.05) is 31.2 Å². The number of ketones is 1. The quantitative estimate of drug-likeness (QED) is 0.741. The van der Waals surface area contributed by atoms with Crippen molar-refractivity contribution in [1.82, 2.24) is 4.90 Å². The molecule has 1 amide bonds. The molecule has 1 aliphatic rings. The molecule has 1 heterocycles. The Morgan fingerprint density at radius 1 is 1.17 bits per heavy atom. The Morgan fingerprint density at radius 3 is 2.39 bits per heavy atom. The van der Waals surface area contributed by atoms with Crippen LogP contribution in [0, 0.1) is 0 Å². The van der Waals surface area contributed by atoms with E-state index in [2.05, 4.69) is 0 Å². The van der Waals surface area contributed by atoms with Crippen LogP contribution in [0.15, 0.2) is 24.3 Å². The predicted molar refractivity (Wildman–Crippen MR) is 66.8 cm³/mol. The number of amides is 1. The van der Waals surface area contributed by atoms with Crippen LogP contribution in [-0.2, 0) is 27.5 Å². The number of rotatable bonds is 5. The third kappa shape index (κ3) is 3.17. The van der Waals surface area contributed by atoms with Crippen LogP contribution in [0.5, 0.6) is 0 Å². The van der Waals surface area contributed by atoms with E-state index in [-0.39, 0.29) is 24.7 Å². The van der Waals surface area contributed by atoms with Crippen LogP contribution >= 0.6 is 0 Å². The molecule has 96 valence electrons. The highest BCUT2D eigenvalue weighted by molar-refractivity contribution is 6.05. The van der Waals surface area contributed by atoms with E-state index < -0.39 is 0 Å². The number of nitrogens with zero attached hydrogens (tertiary/aromatic N) is 1. The normalized spacial score (nSPS) is 15.5. The zero-order chi connectivity index (χ0) is 13.0. The number of benzene rings is 1. The van der Waals surface area contributed by atoms with Gasteiger partial charge in [-0.05, 0) is 18.1 Å². The van der Waals surface area contributed by atoms with E-state index in [4.69, 9.17) is 4.74 Å². The van der Waals surface area contributed by atoms with E-state index in [9.17, 15) is 9.59 Å². The van der Waals surface area contributed by atoms with Gasteiger partial charge in [0.2, 0.25) is 5.91 Å². The van der Waals surface area contributed by atoms with Crippen LogP contribution in [0.2, 0.25) is 0 Å². The van der Waals surface area contributed by atoms with Gasteiger partial charge >= 0.3 is 0 Å². The Hall–Kier alpha value is -1.68. The Labute approximate surface area is 107 Å². The molecule has 1 saturated heterocycles. The lowest BCUT2D eigenvalue weighted by Crippen LogP contribution is -2.24. The third-order valence-electron chi connectivity index (χ3n) is 2.94. The number of Topliss-reactive ketones (excluding diaryl/α,β-unsaturated/α-hetero) is 1. The van der Waals surface area contributed by atoms with Crippen LogP contribution in [-0.4, -0.2) is 29.7 Å². The molecular weight excluding hydrogens is 230 g/mol. The van der Waals surface area contributed by atoms with Crippen LogP contribution in [0.3, 0.4) is 0 Å². The molecule has 1 aromatic carbocycles. The molecule has 4 heteroatoms. The van der Waals surface area contributed by atoms with Gasteiger partial charge in [0.25, 0.3) is 0 Å². The Bertz CT molecular complexity index is 439. The van der Waals surface area contributed by atoms with Crippen LogP contribution < -0.4 is 0 Å². The lowest BCUT2D eigenvalue weighted by Gasteiger charge is -2.14. The molecular formula is C14H17NO3. The first-order chi connectivity index (χ1) is 8.69. The fraction of sp³-hybridized carbons (Fsp3) is 0.429. The highest BCUT2D eigenvalue weighted by Gasteiger charge is 2.26. The number of hydrogen-bond acceptors (Lipinski definition) is 3. The van der Waals surface area contributed by atoms with Gasteiger partial charge in [0.05, 0.1) is 19.6 Å². The number of carbonyl (C=O) groups excluding carboxylic acids is 2. The second-order valence-electron chi connectivity index (χ2n) is 4.42. The average Bonchev–Trinajstić information content (AvgIpc) is 2.67. The molecule has 0 unspecified atom stereocenters. The van der Waals surface area contributed by atoms with Gasteiger partial charge in [0.15, 0.2) is 5.78 Å². The fourth-order valence-corrected chi connectivity index (χ4v) is 1.96. The number of carbonyl (C=O) groups is 2. The third-order valence-corrected chi connectivity index (χ3v) is 2.94. The van der Waals surface area contributed by atoms with Crippen molar-refractivity contribution in [3.05, 3.63) is 35.4 Å². The Balaban J connectivity index is 1.94. The maximum absolute atomic E-state index is 11.5. The Kier molecular flexibility index (Phi) is 4.10. The molecule has 0 saturated carbocycles. The first-order valence-electron chi connectivity index (χ1n) is 6.14. The van der Waals surface area contributed by atoms with Crippen molar-refractivity contribution in [2.75, 3.05) is 13.2 Å². The predicted octanol–water partition coefficient (Wildman–Crippen LogP) is 1.52. The van der Waals surface area contributed by atoms with Gasteiger partial charge in [-0.2, -0.15) is 0 Å². The number of ether oxygens (including phenoxy) is 1. The maximum atomic E-state index is 11.5. The first-order valence-corrected chi connectivity index (χ1v) is 6.14. The van der Waals surface area contributed by atoms with Crippen LogP contribution in [0.1, 0.15) is 24.5 Å². The molecule has 1 fully saturated rings. The molecule has 0 aliphatic carbocycles. The summed E-state index contributed by atoms with van der Waals surface area (Å²) in [5.41, 5.74) is 2.16. The summed E-state index contributed by atoms with van der Waals surface area (Å²) in [6.07, 6.45) is 0.0580. The topological polar surface area (TPSA) is 46.6 Å². The number of hydrogen-bond donors (Lipinski definition) is 0. The molecule has 2 rings (SSSR count). The molecule has 1 aliphatic heterocycles. The van der Waals surface area contributed by atoms with E-state index in [1.54, 1.807) is 4.90 Å². The van der Waals surface area contributed by atoms with Crippen LogP contribution in [0.4, 0.5) is 0 Å². The van der Waals surface area contributed by atoms with Crippen molar-refractivity contribution in [2.45, 2.75) is 26.5 Å². The minimum Gasteiger partial charge on any atom is -0.377 e. The molecule has 0 spiro atoms. The van der Waals surface area contributed by atoms with Crippen molar-refractivity contribution in [3.63, 3.8) is 0 Å². The zero-order valence-electron chi connectivity index (χ0n) is 10.5. The van der Waals surface area contributed by atoms with Crippen molar-refractivity contribution in [1.29, 1.82) is 0 Å². The summed E-state index contributed by atoms with van der Waals surface area (Å²) in [4.78, 5) is 24.2. The monoisotopic (exact) mass is 247 g/mol. The molecule has 0 N–H and O–H groups in total. The van der Waals surface area contributed by atoms with Crippen molar-refractivity contribution < 1.29 is 14.3 Å². The van der Waals surface area contributed by atoms with Crippen LogP contribution in [0.25, 0.3) is 0 Å². The molecule has 4 nitrogen and oxygen atoms in total. The highest BCUT2D eigenvalue weighted by Crippen LogP contribution is 2.13. The van der Waals surface area contributed by atoms with Crippen molar-refractivity contribution >= 4 is 11.7 Å². The van der Waals surface area contributed by atoms with Gasteiger partial charge in [0.1, 0.15) is 0 Å². The summed E-state index contributed by atoms with van der Waals surface area (Å²) >= 11 is 0. The smallest absolute Gasteiger partial charge is 0.230 e. The minimum absolute atomic E-state index is 0.00738. The zero-order valence-corrected chi connectivity index (χ0v) is 10.5. The van der Waals surface area contributed by atoms with Gasteiger partial charge < -0.3 is 9.64 Å². The SMILES string of the molecule is CCOCc1ccc(CN2CC(=O)CC2=O)cc1. The number of likely N-dealkylation sites (tertiary alicyclic amines) is 1. The fourth-order valence-electron chi connectivity index (χ4n) is 1.96. The lowest BCUT2D eigenvalue weighted by molar-refractivity contribution is -0.128. The first kappa shape index (κ1) is 12.8. The van der Waals surface area contributed by atoms with Gasteiger partial charge in [-0.25, -0.2) is 0 Å². The minimum atomic E-state index is -0.0709. The molecule has 1 aromatic rings. The molecule has 0 radical (unpaired) electrons. The van der Waals surface area contributed by atoms with E-state index in [0.717, 1.165) is 11.1 Å². The summed E-state index contributed by atoms with van der Waals surface area (Å²) in [5.74, 6) is -0.0636. The highest BCUT2D eigenvalue weighted by atomic mass is 16.5. The Morgan fingerprint density at radius 2 is 1.83 bits per heavy atom. The average molecular weight is 247 g/mol. The van der Waals surface area contributed by atoms with Gasteiger partial charge in [-0.3, -0.25) is 9.59 Å². The second-order valence-corrected chi connectivity index (χ2v) is 4.42. The lowest BCUT2D eigenvalue weighted by atomic mass is 10.1. The van der Waals surface area contributed by atoms with E-state index in [0.29, 0.717) is 19.8 Å². The molecule has 0 bridgehead atoms. The standard InChI is InChI=1S/C14H17NO3/c1-2-18-10-12-5-3-11(4-6-12)8-15-9-13(16)7-14(15)17/h3-6H,2,7-10H2,1H3. The summed E-state index contributed by atoms with van der Waals surface area (Å²) in [5, 5.41) is 0. The molecule has 0 atom stereocenters. The second kappa shape index (κ2) is 5.78. The maximum Gasteiger partial charge on any atom is 0.230 e. The molecule has 18 heavy (non-hydrogen) atoms. The summed E-state index contributed by atoms with van der Waals surface area (Å²) in [6.45, 7) is 4.04. The van der Waals surface area contributed by atoms with Gasteiger partial charge in [-0.1, -0.05) is 24.3 Å². The van der Waals surface area contributed by atoms with E-state index >= 15 is 0 Å². The van der Waals surface area contributed by atoms with E-state index in [1.165, 1.54) is 0 Å². The molecule has 0 aromatic heterocycles.